The summed E-state index contributed by atoms with van der Waals surface area (Å²) in [4.78, 5) is 0. The lowest BCUT2D eigenvalue weighted by Gasteiger charge is -2.42. The molecule has 1 aromatic rings. The van der Waals surface area contributed by atoms with Crippen LogP contribution < -0.4 is 5.32 Å². The molecule has 4 nitrogen and oxygen atoms in total. The molecule has 0 spiro atoms. The Balaban J connectivity index is 1.76. The molecule has 0 radical (unpaired) electrons. The molecule has 1 fully saturated rings. The van der Waals surface area contributed by atoms with Crippen molar-refractivity contribution in [3.8, 4) is 0 Å². The second-order valence-corrected chi connectivity index (χ2v) is 7.39. The van der Waals surface area contributed by atoms with Crippen molar-refractivity contribution in [1.29, 1.82) is 0 Å². The number of nitrogens with one attached hydrogen (secondary N) is 1. The maximum Gasteiger partial charge on any atom is 0.0644 e. The zero-order valence-electron chi connectivity index (χ0n) is 13.4. The molecular formula is C17H29N3O. The highest BCUT2D eigenvalue weighted by atomic mass is 16.3. The molecule has 0 aliphatic heterocycles. The maximum absolute atomic E-state index is 9.16. The van der Waals surface area contributed by atoms with E-state index < -0.39 is 0 Å². The number of aliphatic hydroxyl groups excluding tert-OH is 1. The molecule has 2 unspecified atom stereocenters. The Hall–Kier alpha value is -0.870. The average Bonchev–Trinajstić information content (AvgIpc) is 2.86. The summed E-state index contributed by atoms with van der Waals surface area (Å²) >= 11 is 0. The van der Waals surface area contributed by atoms with Crippen molar-refractivity contribution in [3.63, 3.8) is 0 Å². The third kappa shape index (κ3) is 3.02. The summed E-state index contributed by atoms with van der Waals surface area (Å²) in [6.07, 6.45) is 10.9. The highest BCUT2D eigenvalue weighted by molar-refractivity contribution is 5.25. The molecule has 2 aliphatic rings. The van der Waals surface area contributed by atoms with E-state index in [0.717, 1.165) is 6.42 Å². The molecule has 0 amide bonds. The van der Waals surface area contributed by atoms with Gasteiger partial charge in [0.2, 0.25) is 0 Å². The molecule has 21 heavy (non-hydrogen) atoms. The molecule has 2 aliphatic carbocycles. The third-order valence-electron chi connectivity index (χ3n) is 5.48. The van der Waals surface area contributed by atoms with E-state index in [9.17, 15) is 0 Å². The number of hydrogen-bond donors (Lipinski definition) is 2. The summed E-state index contributed by atoms with van der Waals surface area (Å²) in [6.45, 7) is 5.60. The fourth-order valence-corrected chi connectivity index (χ4v) is 4.13. The number of aromatic nitrogens is 2. The van der Waals surface area contributed by atoms with E-state index in [1.165, 1.54) is 49.8 Å². The Labute approximate surface area is 127 Å². The fourth-order valence-electron chi connectivity index (χ4n) is 4.13. The highest BCUT2D eigenvalue weighted by Gasteiger charge is 2.35. The van der Waals surface area contributed by atoms with Crippen LogP contribution in [0.25, 0.3) is 0 Å². The van der Waals surface area contributed by atoms with Gasteiger partial charge in [0.25, 0.3) is 0 Å². The molecular weight excluding hydrogens is 262 g/mol. The SMILES string of the molecule is CC1(C)CCCCC1NC1CCCc2c1cnn2CCO. The summed E-state index contributed by atoms with van der Waals surface area (Å²) in [5, 5.41) is 17.6. The molecule has 0 bridgehead atoms. The summed E-state index contributed by atoms with van der Waals surface area (Å²) in [5.41, 5.74) is 3.11. The third-order valence-corrected chi connectivity index (χ3v) is 5.48. The van der Waals surface area contributed by atoms with Gasteiger partial charge in [-0.1, -0.05) is 26.7 Å². The predicted molar refractivity (Wildman–Crippen MR) is 84.2 cm³/mol. The number of nitrogens with zero attached hydrogens (tertiary/aromatic N) is 2. The zero-order valence-corrected chi connectivity index (χ0v) is 13.4. The quantitative estimate of drug-likeness (QED) is 0.897. The largest absolute Gasteiger partial charge is 0.394 e. The first-order valence-electron chi connectivity index (χ1n) is 8.53. The zero-order chi connectivity index (χ0) is 14.9. The Kier molecular flexibility index (Phi) is 4.36. The van der Waals surface area contributed by atoms with Crippen molar-refractivity contribution in [2.75, 3.05) is 6.61 Å². The summed E-state index contributed by atoms with van der Waals surface area (Å²) in [5.74, 6) is 0. The van der Waals surface area contributed by atoms with Crippen molar-refractivity contribution in [2.45, 2.75) is 77.4 Å². The molecule has 4 heteroatoms. The van der Waals surface area contributed by atoms with E-state index in [2.05, 4.69) is 24.3 Å². The van der Waals surface area contributed by atoms with Crippen LogP contribution in [0.5, 0.6) is 0 Å². The minimum absolute atomic E-state index is 0.169. The van der Waals surface area contributed by atoms with Gasteiger partial charge >= 0.3 is 0 Å². The van der Waals surface area contributed by atoms with Crippen LogP contribution in [0.1, 0.15) is 69.7 Å². The van der Waals surface area contributed by atoms with E-state index in [1.54, 1.807) is 0 Å². The van der Waals surface area contributed by atoms with Crippen LogP contribution in [0.3, 0.4) is 0 Å². The van der Waals surface area contributed by atoms with E-state index in [-0.39, 0.29) is 6.61 Å². The number of fused-ring (bicyclic) bond motifs is 1. The second-order valence-electron chi connectivity index (χ2n) is 7.39. The molecule has 118 valence electrons. The standard InChI is InChI=1S/C17H29N3O/c1-17(2)9-4-3-8-16(17)19-14-6-5-7-15-13(14)12-18-20(15)10-11-21/h12,14,16,19,21H,3-11H2,1-2H3. The van der Waals surface area contributed by atoms with Gasteiger partial charge in [-0.2, -0.15) is 5.10 Å². The minimum Gasteiger partial charge on any atom is -0.394 e. The maximum atomic E-state index is 9.16. The molecule has 1 aromatic heterocycles. The molecule has 3 rings (SSSR count). The average molecular weight is 291 g/mol. The van der Waals surface area contributed by atoms with Crippen molar-refractivity contribution in [2.24, 2.45) is 5.41 Å². The van der Waals surface area contributed by atoms with E-state index >= 15 is 0 Å². The number of rotatable bonds is 4. The molecule has 2 atom stereocenters. The van der Waals surface area contributed by atoms with Gasteiger partial charge in [0, 0.05) is 23.3 Å². The van der Waals surface area contributed by atoms with Crippen LogP contribution in [-0.4, -0.2) is 27.5 Å². The smallest absolute Gasteiger partial charge is 0.0644 e. The van der Waals surface area contributed by atoms with Gasteiger partial charge in [0.15, 0.2) is 0 Å². The molecule has 0 saturated heterocycles. The van der Waals surface area contributed by atoms with Crippen molar-refractivity contribution in [1.82, 2.24) is 15.1 Å². The molecule has 1 heterocycles. The highest BCUT2D eigenvalue weighted by Crippen LogP contribution is 2.38. The van der Waals surface area contributed by atoms with Crippen LogP contribution in [0.15, 0.2) is 6.20 Å². The summed E-state index contributed by atoms with van der Waals surface area (Å²) in [7, 11) is 0. The predicted octanol–water partition coefficient (Wildman–Crippen LogP) is 2.81. The topological polar surface area (TPSA) is 50.1 Å². The monoisotopic (exact) mass is 291 g/mol. The van der Waals surface area contributed by atoms with Crippen LogP contribution in [-0.2, 0) is 13.0 Å². The molecule has 2 N–H and O–H groups in total. The first kappa shape index (κ1) is 15.0. The first-order chi connectivity index (χ1) is 10.1. The number of hydrogen-bond acceptors (Lipinski definition) is 3. The van der Waals surface area contributed by atoms with E-state index in [4.69, 9.17) is 5.11 Å². The summed E-state index contributed by atoms with van der Waals surface area (Å²) in [6, 6.07) is 1.06. The van der Waals surface area contributed by atoms with Crippen molar-refractivity contribution < 1.29 is 5.11 Å². The second kappa shape index (κ2) is 6.09. The van der Waals surface area contributed by atoms with Gasteiger partial charge in [0.1, 0.15) is 0 Å². The van der Waals surface area contributed by atoms with Gasteiger partial charge in [-0.3, -0.25) is 4.68 Å². The lowest BCUT2D eigenvalue weighted by Crippen LogP contribution is -2.46. The first-order valence-corrected chi connectivity index (χ1v) is 8.53. The Morgan fingerprint density at radius 3 is 2.95 bits per heavy atom. The number of aliphatic hydroxyl groups is 1. The van der Waals surface area contributed by atoms with Crippen LogP contribution in [0.2, 0.25) is 0 Å². The Bertz CT molecular complexity index is 480. The van der Waals surface area contributed by atoms with Crippen LogP contribution >= 0.6 is 0 Å². The normalized spacial score (nSPS) is 28.3. The van der Waals surface area contributed by atoms with Crippen molar-refractivity contribution in [3.05, 3.63) is 17.5 Å². The molecule has 1 saturated carbocycles. The van der Waals surface area contributed by atoms with Crippen molar-refractivity contribution >= 4 is 0 Å². The summed E-state index contributed by atoms with van der Waals surface area (Å²) < 4.78 is 2.00. The Morgan fingerprint density at radius 2 is 2.19 bits per heavy atom. The lowest BCUT2D eigenvalue weighted by molar-refractivity contribution is 0.151. The van der Waals surface area contributed by atoms with E-state index in [0.29, 0.717) is 24.0 Å². The fraction of sp³-hybridized carbons (Fsp3) is 0.824. The van der Waals surface area contributed by atoms with Gasteiger partial charge < -0.3 is 10.4 Å². The van der Waals surface area contributed by atoms with Gasteiger partial charge in [-0.25, -0.2) is 0 Å². The van der Waals surface area contributed by atoms with Crippen LogP contribution in [0.4, 0.5) is 0 Å². The lowest BCUT2D eigenvalue weighted by atomic mass is 9.72. The van der Waals surface area contributed by atoms with Gasteiger partial charge in [-0.05, 0) is 37.5 Å². The molecule has 0 aromatic carbocycles. The van der Waals surface area contributed by atoms with Gasteiger partial charge in [-0.15, -0.1) is 0 Å². The van der Waals surface area contributed by atoms with Crippen LogP contribution in [0, 0.1) is 5.41 Å². The Morgan fingerprint density at radius 1 is 1.33 bits per heavy atom. The van der Waals surface area contributed by atoms with Gasteiger partial charge in [0.05, 0.1) is 19.3 Å². The minimum atomic E-state index is 0.169. The van der Waals surface area contributed by atoms with E-state index in [1.807, 2.05) is 10.9 Å².